The first-order chi connectivity index (χ1) is 11.7. The van der Waals surface area contributed by atoms with E-state index in [1.54, 1.807) is 18.9 Å². The third kappa shape index (κ3) is 3.49. The van der Waals surface area contributed by atoms with Gasteiger partial charge in [-0.3, -0.25) is 0 Å². The van der Waals surface area contributed by atoms with Crippen LogP contribution in [-0.4, -0.2) is 24.5 Å². The molecule has 0 spiro atoms. The Morgan fingerprint density at radius 1 is 1.21 bits per heavy atom. The second-order valence-electron chi connectivity index (χ2n) is 5.68. The zero-order valence-electron chi connectivity index (χ0n) is 14.0. The fourth-order valence-corrected chi connectivity index (χ4v) is 3.83. The van der Waals surface area contributed by atoms with E-state index in [0.717, 1.165) is 52.7 Å². The van der Waals surface area contributed by atoms with Crippen molar-refractivity contribution in [3.8, 4) is 17.6 Å². The molecule has 4 nitrogen and oxygen atoms in total. The highest BCUT2D eigenvalue weighted by molar-refractivity contribution is 7.99. The van der Waals surface area contributed by atoms with Gasteiger partial charge in [-0.05, 0) is 61.6 Å². The van der Waals surface area contributed by atoms with Crippen LogP contribution in [0, 0.1) is 18.3 Å². The van der Waals surface area contributed by atoms with Crippen molar-refractivity contribution in [3.63, 3.8) is 0 Å². The SMILES string of the molecule is COc1ccc(OCCSc2nc3c(c(C)c2C#N)CCC3)cc1. The van der Waals surface area contributed by atoms with Gasteiger partial charge in [-0.1, -0.05) is 0 Å². The molecule has 0 N–H and O–H groups in total. The van der Waals surface area contributed by atoms with E-state index < -0.39 is 0 Å². The number of aromatic nitrogens is 1. The molecule has 0 radical (unpaired) electrons. The van der Waals surface area contributed by atoms with E-state index in [9.17, 15) is 5.26 Å². The minimum absolute atomic E-state index is 0.569. The van der Waals surface area contributed by atoms with Gasteiger partial charge < -0.3 is 9.47 Å². The Morgan fingerprint density at radius 3 is 2.67 bits per heavy atom. The Labute approximate surface area is 146 Å². The van der Waals surface area contributed by atoms with Crippen LogP contribution < -0.4 is 9.47 Å². The summed E-state index contributed by atoms with van der Waals surface area (Å²) in [6.45, 7) is 2.61. The first-order valence-corrected chi connectivity index (χ1v) is 9.03. The molecule has 5 heteroatoms. The number of aryl methyl sites for hydroxylation is 1. The summed E-state index contributed by atoms with van der Waals surface area (Å²) in [5, 5.41) is 10.3. The fraction of sp³-hybridized carbons (Fsp3) is 0.368. The van der Waals surface area contributed by atoms with Crippen molar-refractivity contribution < 1.29 is 9.47 Å². The average molecular weight is 340 g/mol. The van der Waals surface area contributed by atoms with Crippen LogP contribution >= 0.6 is 11.8 Å². The van der Waals surface area contributed by atoms with Gasteiger partial charge in [-0.25, -0.2) is 4.98 Å². The summed E-state index contributed by atoms with van der Waals surface area (Å²) < 4.78 is 10.9. The molecule has 1 aromatic heterocycles. The Balaban J connectivity index is 1.60. The smallest absolute Gasteiger partial charge is 0.119 e. The summed E-state index contributed by atoms with van der Waals surface area (Å²) >= 11 is 1.60. The van der Waals surface area contributed by atoms with Gasteiger partial charge in [0.15, 0.2) is 0 Å². The molecular formula is C19H20N2O2S. The zero-order valence-corrected chi connectivity index (χ0v) is 14.8. The number of hydrogen-bond donors (Lipinski definition) is 0. The van der Waals surface area contributed by atoms with Crippen molar-refractivity contribution in [2.75, 3.05) is 19.5 Å². The minimum Gasteiger partial charge on any atom is -0.497 e. The quantitative estimate of drug-likeness (QED) is 0.589. The summed E-state index contributed by atoms with van der Waals surface area (Å²) in [7, 11) is 1.64. The molecule has 24 heavy (non-hydrogen) atoms. The van der Waals surface area contributed by atoms with Gasteiger partial charge in [0, 0.05) is 11.4 Å². The van der Waals surface area contributed by atoms with Crippen molar-refractivity contribution in [3.05, 3.63) is 46.6 Å². The number of ether oxygens (including phenoxy) is 2. The highest BCUT2D eigenvalue weighted by Gasteiger charge is 2.20. The predicted molar refractivity (Wildman–Crippen MR) is 94.9 cm³/mol. The molecule has 0 aliphatic heterocycles. The van der Waals surface area contributed by atoms with Gasteiger partial charge >= 0.3 is 0 Å². The molecule has 0 fully saturated rings. The van der Waals surface area contributed by atoms with Crippen molar-refractivity contribution in [1.29, 1.82) is 5.26 Å². The molecule has 0 atom stereocenters. The molecular weight excluding hydrogens is 320 g/mol. The summed E-state index contributed by atoms with van der Waals surface area (Å²) in [5.41, 5.74) is 4.29. The standard InChI is InChI=1S/C19H20N2O2S/c1-13-16-4-3-5-18(16)21-19(17(13)12-20)24-11-10-23-15-8-6-14(22-2)7-9-15/h6-9H,3-5,10-11H2,1-2H3. The largest absolute Gasteiger partial charge is 0.497 e. The van der Waals surface area contributed by atoms with Crippen LogP contribution in [0.1, 0.15) is 28.8 Å². The minimum atomic E-state index is 0.569. The third-order valence-electron chi connectivity index (χ3n) is 4.23. The maximum atomic E-state index is 9.47. The van der Waals surface area contributed by atoms with Gasteiger partial charge in [0.25, 0.3) is 0 Å². The number of benzene rings is 1. The normalized spacial score (nSPS) is 12.5. The first-order valence-electron chi connectivity index (χ1n) is 8.05. The lowest BCUT2D eigenvalue weighted by Crippen LogP contribution is -2.04. The lowest BCUT2D eigenvalue weighted by atomic mass is 10.0. The van der Waals surface area contributed by atoms with Crippen molar-refractivity contribution >= 4 is 11.8 Å². The third-order valence-corrected chi connectivity index (χ3v) is 5.17. The van der Waals surface area contributed by atoms with Gasteiger partial charge in [0.2, 0.25) is 0 Å². The van der Waals surface area contributed by atoms with Gasteiger partial charge in [0.05, 0.1) is 19.3 Å². The topological polar surface area (TPSA) is 55.1 Å². The lowest BCUT2D eigenvalue weighted by Gasteiger charge is -2.11. The van der Waals surface area contributed by atoms with Crippen LogP contribution in [0.15, 0.2) is 29.3 Å². The molecule has 1 aliphatic carbocycles. The zero-order chi connectivity index (χ0) is 16.9. The molecule has 0 unspecified atom stereocenters. The number of hydrogen-bond acceptors (Lipinski definition) is 5. The number of pyridine rings is 1. The second-order valence-corrected chi connectivity index (χ2v) is 6.76. The van der Waals surface area contributed by atoms with Gasteiger partial charge in [0.1, 0.15) is 22.6 Å². The Kier molecular flexibility index (Phi) is 5.27. The Hall–Kier alpha value is -2.19. The summed E-state index contributed by atoms with van der Waals surface area (Å²) in [4.78, 5) is 4.72. The number of fused-ring (bicyclic) bond motifs is 1. The highest BCUT2D eigenvalue weighted by Crippen LogP contribution is 2.31. The molecule has 2 aromatic rings. The van der Waals surface area contributed by atoms with Crippen LogP contribution in [0.3, 0.4) is 0 Å². The number of methoxy groups -OCH3 is 1. The van der Waals surface area contributed by atoms with Crippen molar-refractivity contribution in [2.45, 2.75) is 31.2 Å². The number of thioether (sulfide) groups is 1. The Bertz CT molecular complexity index is 766. The van der Waals surface area contributed by atoms with Crippen molar-refractivity contribution in [1.82, 2.24) is 4.98 Å². The highest BCUT2D eigenvalue weighted by atomic mass is 32.2. The molecule has 1 aliphatic rings. The van der Waals surface area contributed by atoms with Crippen LogP contribution in [0.2, 0.25) is 0 Å². The molecule has 0 saturated heterocycles. The fourth-order valence-electron chi connectivity index (χ4n) is 2.95. The maximum absolute atomic E-state index is 9.47. The summed E-state index contributed by atoms with van der Waals surface area (Å²) in [6, 6.07) is 9.86. The molecule has 124 valence electrons. The van der Waals surface area contributed by atoms with Gasteiger partial charge in [-0.15, -0.1) is 11.8 Å². The maximum Gasteiger partial charge on any atom is 0.119 e. The monoisotopic (exact) mass is 340 g/mol. The Morgan fingerprint density at radius 2 is 1.96 bits per heavy atom. The molecule has 1 heterocycles. The summed E-state index contributed by atoms with van der Waals surface area (Å²) in [5.74, 6) is 2.38. The molecule has 0 amide bonds. The van der Waals surface area contributed by atoms with Crippen LogP contribution in [0.5, 0.6) is 11.5 Å². The van der Waals surface area contributed by atoms with Crippen LogP contribution in [0.25, 0.3) is 0 Å². The predicted octanol–water partition coefficient (Wildman–Crippen LogP) is 3.93. The molecule has 1 aromatic carbocycles. The summed E-state index contributed by atoms with van der Waals surface area (Å²) in [6.07, 6.45) is 3.22. The second kappa shape index (κ2) is 7.59. The lowest BCUT2D eigenvalue weighted by molar-refractivity contribution is 0.342. The number of nitrogens with zero attached hydrogens (tertiary/aromatic N) is 2. The number of rotatable bonds is 6. The molecule has 0 bridgehead atoms. The molecule has 0 saturated carbocycles. The first kappa shape index (κ1) is 16.7. The van der Waals surface area contributed by atoms with E-state index in [0.29, 0.717) is 6.61 Å². The molecule has 3 rings (SSSR count). The van der Waals surface area contributed by atoms with Crippen LogP contribution in [0.4, 0.5) is 0 Å². The van der Waals surface area contributed by atoms with Crippen molar-refractivity contribution in [2.24, 2.45) is 0 Å². The van der Waals surface area contributed by atoms with Crippen LogP contribution in [-0.2, 0) is 12.8 Å². The van der Waals surface area contributed by atoms with E-state index in [1.165, 1.54) is 11.3 Å². The van der Waals surface area contributed by atoms with E-state index >= 15 is 0 Å². The van der Waals surface area contributed by atoms with E-state index in [1.807, 2.05) is 31.2 Å². The van der Waals surface area contributed by atoms with E-state index in [4.69, 9.17) is 14.5 Å². The van der Waals surface area contributed by atoms with E-state index in [2.05, 4.69) is 6.07 Å². The average Bonchev–Trinajstić information content (AvgIpc) is 3.08. The van der Waals surface area contributed by atoms with E-state index in [-0.39, 0.29) is 0 Å². The number of nitriles is 1. The van der Waals surface area contributed by atoms with Gasteiger partial charge in [-0.2, -0.15) is 5.26 Å².